The first-order valence-corrected chi connectivity index (χ1v) is 7.01. The van der Waals surface area contributed by atoms with E-state index in [-0.39, 0.29) is 11.1 Å². The van der Waals surface area contributed by atoms with E-state index in [0.29, 0.717) is 22.3 Å². The number of hydrogen-bond acceptors (Lipinski definition) is 4. The van der Waals surface area contributed by atoms with Crippen molar-refractivity contribution in [1.82, 2.24) is 0 Å². The van der Waals surface area contributed by atoms with Crippen LogP contribution in [0.1, 0.15) is 53.9 Å². The first kappa shape index (κ1) is 13.1. The SMILES string of the molecule is Cc1cc2c3c(c1)C(=O)C(O)c1cc(C)cc(c1-3)C(=O)C2=O. The van der Waals surface area contributed by atoms with E-state index in [9.17, 15) is 19.5 Å². The van der Waals surface area contributed by atoms with Crippen molar-refractivity contribution in [1.29, 1.82) is 0 Å². The Morgan fingerprint density at radius 2 is 1.27 bits per heavy atom. The second kappa shape index (κ2) is 3.99. The fourth-order valence-electron chi connectivity index (χ4n) is 3.45. The van der Waals surface area contributed by atoms with Gasteiger partial charge < -0.3 is 5.11 Å². The molecule has 0 spiro atoms. The summed E-state index contributed by atoms with van der Waals surface area (Å²) in [5.41, 5.74) is 3.76. The molecule has 0 saturated carbocycles. The van der Waals surface area contributed by atoms with Crippen molar-refractivity contribution < 1.29 is 19.5 Å². The van der Waals surface area contributed by atoms with Crippen LogP contribution in [-0.2, 0) is 0 Å². The normalized spacial score (nSPS) is 18.5. The van der Waals surface area contributed by atoms with Crippen LogP contribution >= 0.6 is 0 Å². The van der Waals surface area contributed by atoms with Gasteiger partial charge in [0, 0.05) is 27.8 Å². The molecule has 4 heteroatoms. The van der Waals surface area contributed by atoms with Crippen LogP contribution in [0.4, 0.5) is 0 Å². The van der Waals surface area contributed by atoms with Crippen LogP contribution in [0.2, 0.25) is 0 Å². The Kier molecular flexibility index (Phi) is 2.37. The van der Waals surface area contributed by atoms with Gasteiger partial charge in [0.2, 0.25) is 11.6 Å². The fraction of sp³-hybridized carbons (Fsp3) is 0.167. The van der Waals surface area contributed by atoms with Crippen LogP contribution in [0.5, 0.6) is 0 Å². The summed E-state index contributed by atoms with van der Waals surface area (Å²) in [4.78, 5) is 37.3. The standard InChI is InChI=1S/C18H12O4/c1-7-3-9-13-10(4-7)16(20)18(22)12-6-8(2)5-11(14(12)13)17(21)15(9)19/h3-6,15,19H,1-2H3. The summed E-state index contributed by atoms with van der Waals surface area (Å²) in [6, 6.07) is 6.65. The zero-order valence-electron chi connectivity index (χ0n) is 12.1. The first-order chi connectivity index (χ1) is 10.4. The maximum absolute atomic E-state index is 12.5. The van der Waals surface area contributed by atoms with Gasteiger partial charge >= 0.3 is 0 Å². The molecule has 0 amide bonds. The molecule has 1 N–H and O–H groups in total. The molecule has 0 radical (unpaired) electrons. The van der Waals surface area contributed by atoms with E-state index >= 15 is 0 Å². The van der Waals surface area contributed by atoms with E-state index < -0.39 is 23.5 Å². The van der Waals surface area contributed by atoms with Crippen molar-refractivity contribution in [2.75, 3.05) is 0 Å². The van der Waals surface area contributed by atoms with Gasteiger partial charge in [0.05, 0.1) is 0 Å². The van der Waals surface area contributed by atoms with E-state index in [1.165, 1.54) is 0 Å². The predicted molar refractivity (Wildman–Crippen MR) is 79.3 cm³/mol. The minimum absolute atomic E-state index is 0.262. The lowest BCUT2D eigenvalue weighted by atomic mass is 9.72. The molecule has 2 aromatic carbocycles. The lowest BCUT2D eigenvalue weighted by Gasteiger charge is -2.30. The molecule has 1 atom stereocenters. The smallest absolute Gasteiger partial charge is 0.234 e. The Labute approximate surface area is 126 Å². The molecule has 1 unspecified atom stereocenters. The maximum atomic E-state index is 12.5. The van der Waals surface area contributed by atoms with E-state index in [1.807, 2.05) is 0 Å². The molecule has 0 saturated heterocycles. The van der Waals surface area contributed by atoms with Crippen molar-refractivity contribution >= 4 is 17.3 Å². The number of Topliss-reactive ketones (excluding diaryl/α,β-unsaturated/α-hetero) is 3. The van der Waals surface area contributed by atoms with Crippen LogP contribution in [0.15, 0.2) is 24.3 Å². The summed E-state index contributed by atoms with van der Waals surface area (Å²) in [6.07, 6.45) is -1.29. The Morgan fingerprint density at radius 3 is 1.91 bits per heavy atom. The third kappa shape index (κ3) is 1.42. The number of benzene rings is 2. The van der Waals surface area contributed by atoms with Gasteiger partial charge in [-0.2, -0.15) is 0 Å². The minimum atomic E-state index is -1.29. The molecule has 0 fully saturated rings. The topological polar surface area (TPSA) is 71.4 Å². The maximum Gasteiger partial charge on any atom is 0.234 e. The second-order valence-electron chi connectivity index (χ2n) is 5.94. The van der Waals surface area contributed by atoms with Crippen LogP contribution in [0.25, 0.3) is 11.1 Å². The zero-order valence-corrected chi connectivity index (χ0v) is 12.1. The largest absolute Gasteiger partial charge is 0.380 e. The summed E-state index contributed by atoms with van der Waals surface area (Å²) in [5, 5.41) is 10.3. The molecule has 22 heavy (non-hydrogen) atoms. The van der Waals surface area contributed by atoms with Crippen LogP contribution in [0.3, 0.4) is 0 Å². The van der Waals surface area contributed by atoms with Gasteiger partial charge in [-0.1, -0.05) is 6.07 Å². The number of aliphatic hydroxyl groups is 1. The van der Waals surface area contributed by atoms with Crippen molar-refractivity contribution in [3.63, 3.8) is 0 Å². The molecule has 2 aromatic rings. The van der Waals surface area contributed by atoms with E-state index in [2.05, 4.69) is 0 Å². The van der Waals surface area contributed by atoms with Crippen LogP contribution in [0, 0.1) is 13.8 Å². The van der Waals surface area contributed by atoms with E-state index in [0.717, 1.165) is 11.1 Å². The van der Waals surface area contributed by atoms with Crippen molar-refractivity contribution in [2.45, 2.75) is 20.0 Å². The van der Waals surface area contributed by atoms with Gasteiger partial charge in [0.1, 0.15) is 6.10 Å². The molecule has 0 aromatic heterocycles. The Bertz CT molecular complexity index is 921. The van der Waals surface area contributed by atoms with Gasteiger partial charge in [-0.3, -0.25) is 14.4 Å². The third-order valence-corrected chi connectivity index (χ3v) is 4.35. The predicted octanol–water partition coefficient (Wildman–Crippen LogP) is 2.58. The van der Waals surface area contributed by atoms with Crippen molar-refractivity contribution in [3.8, 4) is 11.1 Å². The average Bonchev–Trinajstić information content (AvgIpc) is 2.48. The van der Waals surface area contributed by atoms with Gasteiger partial charge in [-0.15, -0.1) is 0 Å². The van der Waals surface area contributed by atoms with Gasteiger partial charge in [-0.05, 0) is 48.7 Å². The highest BCUT2D eigenvalue weighted by atomic mass is 16.3. The number of aliphatic hydroxyl groups excluding tert-OH is 1. The molecule has 2 aliphatic rings. The molecular weight excluding hydrogens is 280 g/mol. The fourth-order valence-corrected chi connectivity index (χ4v) is 3.45. The molecule has 4 nitrogen and oxygen atoms in total. The summed E-state index contributed by atoms with van der Waals surface area (Å²) in [6.45, 7) is 3.53. The number of rotatable bonds is 0. The highest BCUT2D eigenvalue weighted by molar-refractivity contribution is 6.53. The van der Waals surface area contributed by atoms with Crippen LogP contribution < -0.4 is 0 Å². The molecule has 0 heterocycles. The molecule has 108 valence electrons. The lowest BCUT2D eigenvalue weighted by Crippen LogP contribution is -2.29. The molecule has 4 rings (SSSR count). The minimum Gasteiger partial charge on any atom is -0.380 e. The second-order valence-corrected chi connectivity index (χ2v) is 5.94. The molecular formula is C18H12O4. The third-order valence-electron chi connectivity index (χ3n) is 4.35. The van der Waals surface area contributed by atoms with Gasteiger partial charge in [0.25, 0.3) is 0 Å². The number of ketones is 3. The van der Waals surface area contributed by atoms with Crippen molar-refractivity contribution in [2.24, 2.45) is 0 Å². The summed E-state index contributed by atoms with van der Waals surface area (Å²) in [5.74, 6) is -1.59. The number of aryl methyl sites for hydroxylation is 2. The van der Waals surface area contributed by atoms with Gasteiger partial charge in [-0.25, -0.2) is 0 Å². The van der Waals surface area contributed by atoms with E-state index in [4.69, 9.17) is 0 Å². The quantitative estimate of drug-likeness (QED) is 0.758. The highest BCUT2D eigenvalue weighted by Gasteiger charge is 2.41. The summed E-state index contributed by atoms with van der Waals surface area (Å²) >= 11 is 0. The van der Waals surface area contributed by atoms with E-state index in [1.54, 1.807) is 38.1 Å². The Balaban J connectivity index is 2.25. The average molecular weight is 292 g/mol. The number of hydrogen-bond donors (Lipinski definition) is 1. The first-order valence-electron chi connectivity index (χ1n) is 7.01. The Morgan fingerprint density at radius 1 is 0.773 bits per heavy atom. The number of carbonyl (C=O) groups is 3. The zero-order chi connectivity index (χ0) is 15.8. The highest BCUT2D eigenvalue weighted by Crippen LogP contribution is 2.46. The van der Waals surface area contributed by atoms with Gasteiger partial charge in [0.15, 0.2) is 5.78 Å². The summed E-state index contributed by atoms with van der Waals surface area (Å²) in [7, 11) is 0. The molecule has 0 bridgehead atoms. The Hall–Kier alpha value is -2.59. The number of carbonyl (C=O) groups excluding carboxylic acids is 3. The monoisotopic (exact) mass is 292 g/mol. The summed E-state index contributed by atoms with van der Waals surface area (Å²) < 4.78 is 0. The molecule has 2 aliphatic carbocycles. The lowest BCUT2D eigenvalue weighted by molar-refractivity contribution is 0.0740. The van der Waals surface area contributed by atoms with Crippen LogP contribution in [-0.4, -0.2) is 22.5 Å². The molecule has 0 aliphatic heterocycles. The van der Waals surface area contributed by atoms with Crippen molar-refractivity contribution in [3.05, 3.63) is 57.6 Å².